The Bertz CT molecular complexity index is 275. The van der Waals surface area contributed by atoms with E-state index in [9.17, 15) is 4.79 Å². The van der Waals surface area contributed by atoms with Crippen molar-refractivity contribution in [3.63, 3.8) is 0 Å². The molecule has 19 heavy (non-hydrogen) atoms. The maximum absolute atomic E-state index is 12.4. The first-order valence-electron chi connectivity index (χ1n) is 7.50. The predicted molar refractivity (Wildman–Crippen MR) is 76.1 cm³/mol. The number of carbonyl (C=O) groups is 1. The summed E-state index contributed by atoms with van der Waals surface area (Å²) in [6, 6.07) is 0.399. The molecular formula is C15H29NO3. The van der Waals surface area contributed by atoms with Crippen LogP contribution in [0.4, 0.5) is 0 Å². The number of esters is 1. The Hall–Kier alpha value is -0.610. The second-order valence-electron chi connectivity index (χ2n) is 5.76. The average molecular weight is 271 g/mol. The van der Waals surface area contributed by atoms with Crippen LogP contribution in [-0.4, -0.2) is 37.9 Å². The highest BCUT2D eigenvalue weighted by atomic mass is 16.5. The Morgan fingerprint density at radius 3 is 2.42 bits per heavy atom. The standard InChI is InChI=1S/C15H29NO3/c1-5-19-14(17)15(11-18-4,12(2)3)16-13-9-7-6-8-10-13/h12-13,16H,5-11H2,1-4H3. The molecule has 0 aromatic rings. The van der Waals surface area contributed by atoms with E-state index in [1.807, 2.05) is 20.8 Å². The third kappa shape index (κ3) is 4.18. The van der Waals surface area contributed by atoms with Crippen molar-refractivity contribution >= 4 is 5.97 Å². The molecule has 0 bridgehead atoms. The zero-order valence-electron chi connectivity index (χ0n) is 12.8. The SMILES string of the molecule is CCOC(=O)C(COC)(NC1CCCCC1)C(C)C. The Kier molecular flexibility index (Phi) is 6.80. The zero-order valence-corrected chi connectivity index (χ0v) is 12.8. The quantitative estimate of drug-likeness (QED) is 0.723. The Morgan fingerprint density at radius 1 is 1.32 bits per heavy atom. The molecule has 1 N–H and O–H groups in total. The van der Waals surface area contributed by atoms with E-state index in [1.54, 1.807) is 7.11 Å². The average Bonchev–Trinajstić information content (AvgIpc) is 2.39. The fourth-order valence-electron chi connectivity index (χ4n) is 2.83. The van der Waals surface area contributed by atoms with E-state index in [-0.39, 0.29) is 11.9 Å². The minimum atomic E-state index is -0.716. The van der Waals surface area contributed by atoms with Crippen LogP contribution in [0.3, 0.4) is 0 Å². The van der Waals surface area contributed by atoms with E-state index in [2.05, 4.69) is 5.32 Å². The predicted octanol–water partition coefficient (Wildman–Crippen LogP) is 2.51. The van der Waals surface area contributed by atoms with Crippen molar-refractivity contribution in [3.05, 3.63) is 0 Å². The first-order chi connectivity index (χ1) is 9.06. The molecular weight excluding hydrogens is 242 g/mol. The second kappa shape index (κ2) is 7.85. The fourth-order valence-corrected chi connectivity index (χ4v) is 2.83. The Morgan fingerprint density at radius 2 is 1.95 bits per heavy atom. The van der Waals surface area contributed by atoms with Crippen LogP contribution in [-0.2, 0) is 14.3 Å². The van der Waals surface area contributed by atoms with Crippen LogP contribution < -0.4 is 5.32 Å². The van der Waals surface area contributed by atoms with Crippen molar-refractivity contribution in [1.29, 1.82) is 0 Å². The van der Waals surface area contributed by atoms with Gasteiger partial charge in [0.1, 0.15) is 5.54 Å². The first kappa shape index (κ1) is 16.4. The minimum Gasteiger partial charge on any atom is -0.465 e. The molecule has 1 unspecified atom stereocenters. The highest BCUT2D eigenvalue weighted by Gasteiger charge is 2.44. The van der Waals surface area contributed by atoms with Crippen LogP contribution in [0.15, 0.2) is 0 Å². The van der Waals surface area contributed by atoms with Crippen molar-refractivity contribution in [2.45, 2.75) is 64.5 Å². The van der Waals surface area contributed by atoms with Gasteiger partial charge >= 0.3 is 5.97 Å². The highest BCUT2D eigenvalue weighted by molar-refractivity contribution is 5.81. The van der Waals surface area contributed by atoms with E-state index >= 15 is 0 Å². The molecule has 0 aromatic heterocycles. The Labute approximate surface area is 117 Å². The normalized spacial score (nSPS) is 20.3. The third-order valence-electron chi connectivity index (χ3n) is 4.06. The molecule has 0 spiro atoms. The molecule has 1 atom stereocenters. The highest BCUT2D eigenvalue weighted by Crippen LogP contribution is 2.25. The van der Waals surface area contributed by atoms with Gasteiger partial charge in [0, 0.05) is 13.2 Å². The second-order valence-corrected chi connectivity index (χ2v) is 5.76. The topological polar surface area (TPSA) is 47.6 Å². The summed E-state index contributed by atoms with van der Waals surface area (Å²) >= 11 is 0. The largest absolute Gasteiger partial charge is 0.465 e. The lowest BCUT2D eigenvalue weighted by atomic mass is 9.84. The van der Waals surface area contributed by atoms with Gasteiger partial charge in [-0.15, -0.1) is 0 Å². The molecule has 112 valence electrons. The zero-order chi connectivity index (χ0) is 14.3. The molecule has 1 rings (SSSR count). The van der Waals surface area contributed by atoms with Gasteiger partial charge in [-0.3, -0.25) is 5.32 Å². The van der Waals surface area contributed by atoms with Gasteiger partial charge in [0.05, 0.1) is 13.2 Å². The number of carbonyl (C=O) groups excluding carboxylic acids is 1. The summed E-state index contributed by atoms with van der Waals surface area (Å²) in [7, 11) is 1.64. The minimum absolute atomic E-state index is 0.133. The maximum atomic E-state index is 12.4. The summed E-state index contributed by atoms with van der Waals surface area (Å²) in [6.45, 7) is 6.71. The van der Waals surface area contributed by atoms with Crippen LogP contribution >= 0.6 is 0 Å². The summed E-state index contributed by atoms with van der Waals surface area (Å²) < 4.78 is 10.6. The van der Waals surface area contributed by atoms with Gasteiger partial charge in [0.15, 0.2) is 0 Å². The lowest BCUT2D eigenvalue weighted by molar-refractivity contribution is -0.157. The molecule has 0 saturated heterocycles. The number of hydrogen-bond donors (Lipinski definition) is 1. The Balaban J connectivity index is 2.84. The summed E-state index contributed by atoms with van der Waals surface area (Å²) in [5, 5.41) is 3.55. The number of ether oxygens (including phenoxy) is 2. The molecule has 1 aliphatic rings. The van der Waals surface area contributed by atoms with Crippen LogP contribution in [0, 0.1) is 5.92 Å². The van der Waals surface area contributed by atoms with E-state index < -0.39 is 5.54 Å². The monoisotopic (exact) mass is 271 g/mol. The van der Waals surface area contributed by atoms with Gasteiger partial charge in [0.2, 0.25) is 0 Å². The maximum Gasteiger partial charge on any atom is 0.329 e. The van der Waals surface area contributed by atoms with Gasteiger partial charge in [-0.2, -0.15) is 0 Å². The van der Waals surface area contributed by atoms with Crippen LogP contribution in [0.5, 0.6) is 0 Å². The summed E-state index contributed by atoms with van der Waals surface area (Å²) in [5.41, 5.74) is -0.716. The van der Waals surface area contributed by atoms with Gasteiger partial charge < -0.3 is 9.47 Å². The molecule has 1 saturated carbocycles. The van der Waals surface area contributed by atoms with E-state index in [4.69, 9.17) is 9.47 Å². The molecule has 0 aliphatic heterocycles. The van der Waals surface area contributed by atoms with Crippen LogP contribution in [0.1, 0.15) is 52.9 Å². The van der Waals surface area contributed by atoms with Crippen molar-refractivity contribution < 1.29 is 14.3 Å². The van der Waals surface area contributed by atoms with Crippen molar-refractivity contribution in [1.82, 2.24) is 5.32 Å². The molecule has 4 nitrogen and oxygen atoms in total. The number of hydrogen-bond acceptors (Lipinski definition) is 4. The summed E-state index contributed by atoms with van der Waals surface area (Å²) in [4.78, 5) is 12.4. The number of methoxy groups -OCH3 is 1. The van der Waals surface area contributed by atoms with Crippen LogP contribution in [0.2, 0.25) is 0 Å². The summed E-state index contributed by atoms with van der Waals surface area (Å²) in [5.74, 6) is -0.0501. The van der Waals surface area contributed by atoms with Crippen molar-refractivity contribution in [3.8, 4) is 0 Å². The van der Waals surface area contributed by atoms with Gasteiger partial charge in [-0.05, 0) is 25.7 Å². The first-order valence-corrected chi connectivity index (χ1v) is 7.50. The summed E-state index contributed by atoms with van der Waals surface area (Å²) in [6.07, 6.45) is 6.05. The van der Waals surface area contributed by atoms with Crippen molar-refractivity contribution in [2.24, 2.45) is 5.92 Å². The molecule has 0 radical (unpaired) electrons. The van der Waals surface area contributed by atoms with E-state index in [0.29, 0.717) is 19.3 Å². The molecule has 0 amide bonds. The molecule has 0 aromatic carbocycles. The van der Waals surface area contributed by atoms with Crippen LogP contribution in [0.25, 0.3) is 0 Å². The third-order valence-corrected chi connectivity index (χ3v) is 4.06. The number of nitrogens with one attached hydrogen (secondary N) is 1. The fraction of sp³-hybridized carbons (Fsp3) is 0.933. The van der Waals surface area contributed by atoms with E-state index in [1.165, 1.54) is 19.3 Å². The van der Waals surface area contributed by atoms with Gasteiger partial charge in [-0.25, -0.2) is 4.79 Å². The number of rotatable bonds is 7. The molecule has 1 aliphatic carbocycles. The van der Waals surface area contributed by atoms with E-state index in [0.717, 1.165) is 12.8 Å². The molecule has 0 heterocycles. The van der Waals surface area contributed by atoms with Gasteiger partial charge in [0.25, 0.3) is 0 Å². The van der Waals surface area contributed by atoms with Gasteiger partial charge in [-0.1, -0.05) is 33.1 Å². The smallest absolute Gasteiger partial charge is 0.329 e. The lowest BCUT2D eigenvalue weighted by Gasteiger charge is -2.39. The molecule has 4 heteroatoms. The van der Waals surface area contributed by atoms with Crippen molar-refractivity contribution in [2.75, 3.05) is 20.3 Å². The molecule has 1 fully saturated rings. The lowest BCUT2D eigenvalue weighted by Crippen LogP contribution is -2.63.